The van der Waals surface area contributed by atoms with Crippen molar-refractivity contribution in [3.8, 4) is 0 Å². The Morgan fingerprint density at radius 3 is 2.24 bits per heavy atom. The molecule has 2 atom stereocenters. The lowest BCUT2D eigenvalue weighted by atomic mass is 9.93. The lowest BCUT2D eigenvalue weighted by Gasteiger charge is -2.36. The third-order valence-corrected chi connectivity index (χ3v) is 6.28. The van der Waals surface area contributed by atoms with Crippen molar-refractivity contribution in [3.05, 3.63) is 34.9 Å². The van der Waals surface area contributed by atoms with Crippen LogP contribution in [0.2, 0.25) is 0 Å². The van der Waals surface area contributed by atoms with E-state index < -0.39 is 35.6 Å². The lowest BCUT2D eigenvalue weighted by Crippen LogP contribution is -2.54. The van der Waals surface area contributed by atoms with Crippen molar-refractivity contribution in [2.45, 2.75) is 110 Å². The number of rotatable bonds is 13. The Bertz CT molecular complexity index is 948. The van der Waals surface area contributed by atoms with E-state index in [1.165, 1.54) is 0 Å². The number of nitrogens with one attached hydrogen (secondary N) is 2. The van der Waals surface area contributed by atoms with Crippen molar-refractivity contribution in [1.29, 1.82) is 0 Å². The summed E-state index contributed by atoms with van der Waals surface area (Å²) in [5.41, 5.74) is 7.19. The molecule has 2 unspecified atom stereocenters. The molecular formula is C28H44N4O5. The number of unbranched alkanes of at least 4 members (excludes halogenated alkanes) is 2. The van der Waals surface area contributed by atoms with Crippen LogP contribution < -0.4 is 16.4 Å². The number of alkyl carbamates (subject to hydrolysis) is 1. The Morgan fingerprint density at radius 2 is 1.73 bits per heavy atom. The molecular weight excluding hydrogens is 472 g/mol. The van der Waals surface area contributed by atoms with Crippen molar-refractivity contribution in [3.63, 3.8) is 0 Å². The number of hydrogen-bond donors (Lipinski definition) is 3. The summed E-state index contributed by atoms with van der Waals surface area (Å²) in [6.45, 7) is 11.6. The van der Waals surface area contributed by atoms with Crippen molar-refractivity contribution in [2.75, 3.05) is 6.54 Å². The van der Waals surface area contributed by atoms with Crippen LogP contribution in [0.4, 0.5) is 4.79 Å². The number of nitrogens with zero attached hydrogens (tertiary/aromatic N) is 1. The molecule has 1 aliphatic carbocycles. The Morgan fingerprint density at radius 1 is 1.11 bits per heavy atom. The number of nitrogens with two attached hydrogens (primary N) is 1. The number of carbonyl (C=O) groups excluding carboxylic acids is 4. The van der Waals surface area contributed by atoms with Crippen molar-refractivity contribution in [1.82, 2.24) is 15.5 Å². The van der Waals surface area contributed by atoms with Gasteiger partial charge in [0.2, 0.25) is 17.7 Å². The lowest BCUT2D eigenvalue weighted by molar-refractivity contribution is -0.143. The molecule has 0 aromatic heterocycles. The predicted molar refractivity (Wildman–Crippen MR) is 143 cm³/mol. The number of carbonyl (C=O) groups is 4. The third kappa shape index (κ3) is 9.37. The van der Waals surface area contributed by atoms with E-state index in [1.54, 1.807) is 25.7 Å². The highest BCUT2D eigenvalue weighted by molar-refractivity contribution is 5.93. The van der Waals surface area contributed by atoms with Crippen molar-refractivity contribution >= 4 is 23.8 Å². The highest BCUT2D eigenvalue weighted by atomic mass is 16.6. The standard InChI is InChI=1S/C28H44N4O5/c1-7-8-9-17-30-25(34)24(23-18(2)11-10-12-19(23)3)32(20-13-14-20)26(35)21(15-16-22(29)33)31-27(36)37-28(4,5)6/h10-12,20-21,24H,7-9,13-17H2,1-6H3,(H2,29,33)(H,30,34)(H,31,36). The van der Waals surface area contributed by atoms with Gasteiger partial charge in [0.1, 0.15) is 17.7 Å². The molecule has 4 N–H and O–H groups in total. The van der Waals surface area contributed by atoms with Gasteiger partial charge in [0.15, 0.2) is 0 Å². The van der Waals surface area contributed by atoms with Gasteiger partial charge >= 0.3 is 6.09 Å². The fourth-order valence-electron chi connectivity index (χ4n) is 4.38. The molecule has 2 rings (SSSR count). The minimum Gasteiger partial charge on any atom is -0.444 e. The number of amides is 4. The maximum Gasteiger partial charge on any atom is 0.408 e. The van der Waals surface area contributed by atoms with Crippen LogP contribution >= 0.6 is 0 Å². The highest BCUT2D eigenvalue weighted by Gasteiger charge is 2.44. The predicted octanol–water partition coefficient (Wildman–Crippen LogP) is 3.80. The molecule has 0 aliphatic heterocycles. The van der Waals surface area contributed by atoms with Crippen molar-refractivity contribution < 1.29 is 23.9 Å². The molecule has 0 bridgehead atoms. The number of ether oxygens (including phenoxy) is 1. The van der Waals surface area contributed by atoms with E-state index in [0.29, 0.717) is 6.54 Å². The van der Waals surface area contributed by atoms with E-state index in [9.17, 15) is 19.2 Å². The third-order valence-electron chi connectivity index (χ3n) is 6.28. The van der Waals surface area contributed by atoms with Crippen LogP contribution in [0.15, 0.2) is 18.2 Å². The maximum absolute atomic E-state index is 14.1. The summed E-state index contributed by atoms with van der Waals surface area (Å²) >= 11 is 0. The zero-order valence-electron chi connectivity index (χ0n) is 23.2. The fourth-order valence-corrected chi connectivity index (χ4v) is 4.38. The van der Waals surface area contributed by atoms with Gasteiger partial charge < -0.3 is 26.0 Å². The van der Waals surface area contributed by atoms with Crippen LogP contribution in [0.25, 0.3) is 0 Å². The van der Waals surface area contributed by atoms with Crippen molar-refractivity contribution in [2.24, 2.45) is 5.73 Å². The van der Waals surface area contributed by atoms with Gasteiger partial charge in [-0.3, -0.25) is 14.4 Å². The normalized spacial score (nSPS) is 14.9. The van der Waals surface area contributed by atoms with Crippen LogP contribution in [0.3, 0.4) is 0 Å². The molecule has 1 saturated carbocycles. The Kier molecular flexibility index (Phi) is 10.9. The first-order valence-electron chi connectivity index (χ1n) is 13.3. The SMILES string of the molecule is CCCCCNC(=O)C(c1c(C)cccc1C)N(C(=O)C(CCC(N)=O)NC(=O)OC(C)(C)C)C1CC1. The van der Waals surface area contributed by atoms with Gasteiger partial charge in [0, 0.05) is 19.0 Å². The van der Waals surface area contributed by atoms with E-state index in [0.717, 1.165) is 48.8 Å². The Hall–Kier alpha value is -3.10. The van der Waals surface area contributed by atoms with E-state index >= 15 is 0 Å². The first-order chi connectivity index (χ1) is 17.4. The first-order valence-corrected chi connectivity index (χ1v) is 13.3. The second kappa shape index (κ2) is 13.4. The summed E-state index contributed by atoms with van der Waals surface area (Å²) in [6.07, 6.45) is 3.53. The second-order valence-corrected chi connectivity index (χ2v) is 10.9. The molecule has 9 heteroatoms. The van der Waals surface area contributed by atoms with Crippen LogP contribution in [0.5, 0.6) is 0 Å². The summed E-state index contributed by atoms with van der Waals surface area (Å²) in [7, 11) is 0. The van der Waals surface area contributed by atoms with Crippen LogP contribution in [0, 0.1) is 13.8 Å². The molecule has 4 amide bonds. The molecule has 0 saturated heterocycles. The van der Waals surface area contributed by atoms with E-state index in [4.69, 9.17) is 10.5 Å². The first kappa shape index (κ1) is 30.1. The van der Waals surface area contributed by atoms with Gasteiger partial charge in [-0.2, -0.15) is 0 Å². The molecule has 1 aromatic carbocycles. The fraction of sp³-hybridized carbons (Fsp3) is 0.643. The zero-order valence-corrected chi connectivity index (χ0v) is 23.2. The second-order valence-electron chi connectivity index (χ2n) is 10.9. The van der Waals surface area contributed by atoms with Crippen LogP contribution in [-0.2, 0) is 19.1 Å². The van der Waals surface area contributed by atoms with Crippen LogP contribution in [0.1, 0.15) is 95.4 Å². The summed E-state index contributed by atoms with van der Waals surface area (Å²) in [5.74, 6) is -1.26. The van der Waals surface area contributed by atoms with Crippen LogP contribution in [-0.4, -0.2) is 52.9 Å². The molecule has 37 heavy (non-hydrogen) atoms. The highest BCUT2D eigenvalue weighted by Crippen LogP contribution is 2.38. The molecule has 0 spiro atoms. The molecule has 9 nitrogen and oxygen atoms in total. The molecule has 1 fully saturated rings. The molecule has 1 aliphatic rings. The summed E-state index contributed by atoms with van der Waals surface area (Å²) in [4.78, 5) is 53.6. The minimum atomic E-state index is -1.07. The minimum absolute atomic E-state index is 0.00816. The number of primary amides is 1. The smallest absolute Gasteiger partial charge is 0.408 e. The topological polar surface area (TPSA) is 131 Å². The quantitative estimate of drug-likeness (QED) is 0.343. The van der Waals surface area contributed by atoms with Gasteiger partial charge in [-0.25, -0.2) is 4.79 Å². The molecule has 1 aromatic rings. The summed E-state index contributed by atoms with van der Waals surface area (Å²) in [6, 6.07) is 3.71. The maximum atomic E-state index is 14.1. The summed E-state index contributed by atoms with van der Waals surface area (Å²) in [5, 5.41) is 5.66. The monoisotopic (exact) mass is 516 g/mol. The van der Waals surface area contributed by atoms with Gasteiger partial charge in [0.25, 0.3) is 0 Å². The zero-order chi connectivity index (χ0) is 27.8. The van der Waals surface area contributed by atoms with Gasteiger partial charge in [0.05, 0.1) is 0 Å². The summed E-state index contributed by atoms with van der Waals surface area (Å²) < 4.78 is 5.37. The average molecular weight is 517 g/mol. The van der Waals surface area contributed by atoms with Gasteiger partial charge in [-0.1, -0.05) is 38.0 Å². The Balaban J connectivity index is 2.46. The molecule has 0 heterocycles. The van der Waals surface area contributed by atoms with Gasteiger partial charge in [-0.15, -0.1) is 0 Å². The average Bonchev–Trinajstić information content (AvgIpc) is 3.62. The van der Waals surface area contributed by atoms with E-state index in [-0.39, 0.29) is 24.8 Å². The molecule has 206 valence electrons. The molecule has 0 radical (unpaired) electrons. The van der Waals surface area contributed by atoms with Gasteiger partial charge in [-0.05, 0) is 77.0 Å². The van der Waals surface area contributed by atoms with E-state index in [2.05, 4.69) is 17.6 Å². The van der Waals surface area contributed by atoms with E-state index in [1.807, 2.05) is 32.0 Å². The number of hydrogen-bond acceptors (Lipinski definition) is 5. The largest absolute Gasteiger partial charge is 0.444 e. The number of benzene rings is 1. The number of aryl methyl sites for hydroxylation is 2. The Labute approximate surface area is 220 Å².